The number of ether oxygens (including phenoxy) is 2. The average molecular weight is 535 g/mol. The van der Waals surface area contributed by atoms with Crippen LogP contribution in [0.15, 0.2) is 42.5 Å². The molecule has 2 aromatic rings. The average Bonchev–Trinajstić information content (AvgIpc) is 2.85. The summed E-state index contributed by atoms with van der Waals surface area (Å²) in [6.07, 6.45) is 0.406. The van der Waals surface area contributed by atoms with E-state index < -0.39 is 22.2 Å². The van der Waals surface area contributed by atoms with Gasteiger partial charge in [-0.25, -0.2) is 13.2 Å². The highest BCUT2D eigenvalue weighted by Crippen LogP contribution is 2.35. The summed E-state index contributed by atoms with van der Waals surface area (Å²) >= 11 is 0. The van der Waals surface area contributed by atoms with E-state index in [1.54, 1.807) is 62.4 Å². The molecule has 0 radical (unpaired) electrons. The maximum absolute atomic E-state index is 13.4. The lowest BCUT2D eigenvalue weighted by Gasteiger charge is -2.38. The zero-order valence-corrected chi connectivity index (χ0v) is 22.4. The van der Waals surface area contributed by atoms with Crippen molar-refractivity contribution >= 4 is 33.3 Å². The summed E-state index contributed by atoms with van der Waals surface area (Å²) in [5.74, 6) is 0.0864. The monoisotopic (exact) mass is 534 g/mol. The summed E-state index contributed by atoms with van der Waals surface area (Å²) in [5, 5.41) is 12.6. The largest absolute Gasteiger partial charge is 0.497 e. The van der Waals surface area contributed by atoms with Gasteiger partial charge in [0, 0.05) is 25.2 Å². The molecule has 0 fully saturated rings. The van der Waals surface area contributed by atoms with E-state index >= 15 is 0 Å². The summed E-state index contributed by atoms with van der Waals surface area (Å²) in [7, 11) is -0.492. The predicted octanol–water partition coefficient (Wildman–Crippen LogP) is 2.45. The van der Waals surface area contributed by atoms with Crippen molar-refractivity contribution in [2.24, 2.45) is 5.92 Å². The Labute approximate surface area is 217 Å². The van der Waals surface area contributed by atoms with Crippen LogP contribution >= 0.6 is 0 Å². The van der Waals surface area contributed by atoms with E-state index in [-0.39, 0.29) is 54.6 Å². The first kappa shape index (κ1) is 28.1. The Balaban J connectivity index is 1.91. The Morgan fingerprint density at radius 1 is 1.27 bits per heavy atom. The van der Waals surface area contributed by atoms with Crippen LogP contribution in [-0.2, 0) is 10.0 Å². The number of benzene rings is 2. The Bertz CT molecular complexity index is 1220. The van der Waals surface area contributed by atoms with Gasteiger partial charge in [-0.3, -0.25) is 9.52 Å². The molecule has 3 amide bonds. The molecule has 2 aromatic carbocycles. The van der Waals surface area contributed by atoms with Gasteiger partial charge in [-0.05, 0) is 43.3 Å². The lowest BCUT2D eigenvalue weighted by Crippen LogP contribution is -2.50. The quantitative estimate of drug-likeness (QED) is 0.473. The Hall–Kier alpha value is -3.51. The number of nitrogens with one attached hydrogen (secondary N) is 2. The van der Waals surface area contributed by atoms with Gasteiger partial charge in [-0.1, -0.05) is 13.0 Å². The molecule has 0 saturated heterocycles. The summed E-state index contributed by atoms with van der Waals surface area (Å²) in [4.78, 5) is 29.3. The van der Waals surface area contributed by atoms with Crippen LogP contribution < -0.4 is 19.5 Å². The number of nitrogens with zero attached hydrogens (tertiary/aromatic N) is 2. The van der Waals surface area contributed by atoms with Crippen molar-refractivity contribution in [3.63, 3.8) is 0 Å². The molecular weight excluding hydrogens is 500 g/mol. The number of amides is 3. The number of methoxy groups -OCH3 is 1. The molecule has 1 heterocycles. The summed E-state index contributed by atoms with van der Waals surface area (Å²) in [6, 6.07) is 10.7. The third-order valence-electron chi connectivity index (χ3n) is 6.13. The Morgan fingerprint density at radius 3 is 2.54 bits per heavy atom. The van der Waals surface area contributed by atoms with Crippen molar-refractivity contribution in [2.75, 3.05) is 50.1 Å². The van der Waals surface area contributed by atoms with Gasteiger partial charge in [0.05, 0.1) is 43.8 Å². The molecule has 11 nitrogen and oxygen atoms in total. The van der Waals surface area contributed by atoms with Crippen LogP contribution in [0.5, 0.6) is 11.5 Å². The number of likely N-dealkylation sites (N-methyl/N-ethyl adjacent to an activating group) is 1. The van der Waals surface area contributed by atoms with Crippen molar-refractivity contribution in [2.45, 2.75) is 26.0 Å². The van der Waals surface area contributed by atoms with Crippen molar-refractivity contribution in [3.8, 4) is 11.5 Å². The molecule has 1 aliphatic heterocycles. The Kier molecular flexibility index (Phi) is 8.87. The van der Waals surface area contributed by atoms with Crippen molar-refractivity contribution in [1.82, 2.24) is 9.80 Å². The minimum Gasteiger partial charge on any atom is -0.497 e. The molecule has 37 heavy (non-hydrogen) atoms. The van der Waals surface area contributed by atoms with Crippen LogP contribution in [0.1, 0.15) is 24.2 Å². The second kappa shape index (κ2) is 11.7. The van der Waals surface area contributed by atoms with Gasteiger partial charge in [-0.2, -0.15) is 0 Å². The maximum atomic E-state index is 13.4. The minimum absolute atomic E-state index is 0.0774. The van der Waals surface area contributed by atoms with Crippen LogP contribution in [0, 0.1) is 5.92 Å². The molecule has 3 rings (SSSR count). The fourth-order valence-electron chi connectivity index (χ4n) is 3.99. The molecule has 0 saturated carbocycles. The molecule has 0 bridgehead atoms. The molecule has 202 valence electrons. The van der Waals surface area contributed by atoms with Crippen LogP contribution in [-0.4, -0.2) is 87.5 Å². The van der Waals surface area contributed by atoms with E-state index in [2.05, 4.69) is 10.0 Å². The number of aliphatic hydroxyl groups is 1. The first-order valence-corrected chi connectivity index (χ1v) is 13.7. The van der Waals surface area contributed by atoms with Crippen LogP contribution in [0.4, 0.5) is 16.2 Å². The lowest BCUT2D eigenvalue weighted by atomic mass is 9.99. The maximum Gasteiger partial charge on any atom is 0.321 e. The van der Waals surface area contributed by atoms with E-state index in [9.17, 15) is 23.1 Å². The molecule has 3 N–H and O–H groups in total. The van der Waals surface area contributed by atoms with Gasteiger partial charge in [0.15, 0.2) is 5.75 Å². The number of hydrogen-bond acceptors (Lipinski definition) is 7. The number of rotatable bonds is 8. The molecule has 0 spiro atoms. The fourth-order valence-corrected chi connectivity index (χ4v) is 4.55. The molecule has 3 atom stereocenters. The highest BCUT2D eigenvalue weighted by atomic mass is 32.2. The van der Waals surface area contributed by atoms with Crippen LogP contribution in [0.25, 0.3) is 0 Å². The molecule has 0 unspecified atom stereocenters. The third-order valence-corrected chi connectivity index (χ3v) is 6.72. The number of sulfonamides is 1. The fraction of sp³-hybridized carbons (Fsp3) is 0.440. The topological polar surface area (TPSA) is 138 Å². The summed E-state index contributed by atoms with van der Waals surface area (Å²) in [5.41, 5.74) is 0.869. The van der Waals surface area contributed by atoms with Gasteiger partial charge < -0.3 is 29.7 Å². The number of anilines is 2. The van der Waals surface area contributed by atoms with Gasteiger partial charge in [-0.15, -0.1) is 0 Å². The standard InChI is InChI=1S/C25H34N4O7S/c1-16-13-29(17(2)15-30)24(31)20-7-6-8-21(27-37(5,33)34)23(20)36-22(16)14-28(3)25(32)26-18-9-11-19(35-4)12-10-18/h6-12,16-17,22,27,30H,13-15H2,1-5H3,(H,26,32)/t16-,17+,22-/m0/s1. The van der Waals surface area contributed by atoms with Crippen LogP contribution in [0.3, 0.4) is 0 Å². The Morgan fingerprint density at radius 2 is 1.95 bits per heavy atom. The van der Waals surface area contributed by atoms with Gasteiger partial charge >= 0.3 is 6.03 Å². The van der Waals surface area contributed by atoms with Crippen molar-refractivity contribution < 1.29 is 32.6 Å². The SMILES string of the molecule is COc1ccc(NC(=O)N(C)C[C@@H]2Oc3c(NS(C)(=O)=O)cccc3C(=O)N([C@H](C)CO)C[C@@H]2C)cc1. The van der Waals surface area contributed by atoms with E-state index in [0.29, 0.717) is 11.4 Å². The highest BCUT2D eigenvalue weighted by molar-refractivity contribution is 7.92. The number of para-hydroxylation sites is 1. The highest BCUT2D eigenvalue weighted by Gasteiger charge is 2.35. The zero-order valence-electron chi connectivity index (χ0n) is 21.6. The van der Waals surface area contributed by atoms with Crippen molar-refractivity contribution in [3.05, 3.63) is 48.0 Å². The van der Waals surface area contributed by atoms with E-state index in [1.807, 2.05) is 6.92 Å². The zero-order chi connectivity index (χ0) is 27.3. The molecular formula is C25H34N4O7S. The van der Waals surface area contributed by atoms with E-state index in [4.69, 9.17) is 9.47 Å². The first-order valence-electron chi connectivity index (χ1n) is 11.8. The number of urea groups is 1. The minimum atomic E-state index is -3.67. The van der Waals surface area contributed by atoms with Gasteiger partial charge in [0.25, 0.3) is 5.91 Å². The molecule has 1 aliphatic rings. The third kappa shape index (κ3) is 7.04. The predicted molar refractivity (Wildman–Crippen MR) is 141 cm³/mol. The molecule has 12 heteroatoms. The normalized spacial score (nSPS) is 18.5. The number of fused-ring (bicyclic) bond motifs is 1. The van der Waals surface area contributed by atoms with Crippen LogP contribution in [0.2, 0.25) is 0 Å². The number of aliphatic hydroxyl groups excluding tert-OH is 1. The number of carbonyl (C=O) groups is 2. The second-order valence-corrected chi connectivity index (χ2v) is 11.0. The van der Waals surface area contributed by atoms with E-state index in [0.717, 1.165) is 6.26 Å². The van der Waals surface area contributed by atoms with Crippen molar-refractivity contribution in [1.29, 1.82) is 0 Å². The lowest BCUT2D eigenvalue weighted by molar-refractivity contribution is 0.0373. The first-order chi connectivity index (χ1) is 17.4. The smallest absolute Gasteiger partial charge is 0.321 e. The molecule has 0 aliphatic carbocycles. The summed E-state index contributed by atoms with van der Waals surface area (Å²) < 4.78 is 37.8. The van der Waals surface area contributed by atoms with Gasteiger partial charge in [0.2, 0.25) is 10.0 Å². The molecule has 0 aromatic heterocycles. The number of hydrogen-bond donors (Lipinski definition) is 3. The summed E-state index contributed by atoms with van der Waals surface area (Å²) in [6.45, 7) is 3.77. The van der Waals surface area contributed by atoms with Gasteiger partial charge in [0.1, 0.15) is 11.9 Å². The van der Waals surface area contributed by atoms with E-state index in [1.165, 1.54) is 11.0 Å². The number of carbonyl (C=O) groups excluding carboxylic acids is 2. The second-order valence-electron chi connectivity index (χ2n) is 9.22.